The number of carbonyl (C=O) groups is 2. The highest BCUT2D eigenvalue weighted by molar-refractivity contribution is 5.76. The van der Waals surface area contributed by atoms with E-state index in [2.05, 4.69) is 0 Å². The molecule has 21 heavy (non-hydrogen) atoms. The Morgan fingerprint density at radius 2 is 1.71 bits per heavy atom. The lowest BCUT2D eigenvalue weighted by atomic mass is 10.1. The molecule has 0 spiro atoms. The van der Waals surface area contributed by atoms with E-state index in [1.807, 2.05) is 51.1 Å². The van der Waals surface area contributed by atoms with Crippen molar-refractivity contribution < 1.29 is 14.7 Å². The summed E-state index contributed by atoms with van der Waals surface area (Å²) in [5.41, 5.74) is 0.623. The number of aliphatic carboxylic acids is 1. The van der Waals surface area contributed by atoms with Crippen molar-refractivity contribution in [3.8, 4) is 0 Å². The predicted molar refractivity (Wildman–Crippen MR) is 82.0 cm³/mol. The molecule has 5 nitrogen and oxygen atoms in total. The number of hydrogen-bond acceptors (Lipinski definition) is 2. The number of hydrogen-bond donors (Lipinski definition) is 1. The Hall–Kier alpha value is -2.04. The molecule has 0 aliphatic carbocycles. The molecule has 0 fully saturated rings. The van der Waals surface area contributed by atoms with E-state index in [0.717, 1.165) is 5.56 Å². The second kappa shape index (κ2) is 7.11. The number of carboxylic acid groups (broad SMARTS) is 1. The molecule has 1 aromatic carbocycles. The van der Waals surface area contributed by atoms with Crippen LogP contribution in [0.5, 0.6) is 0 Å². The van der Waals surface area contributed by atoms with Crippen molar-refractivity contribution in [3.63, 3.8) is 0 Å². The lowest BCUT2D eigenvalue weighted by Gasteiger charge is -2.38. The van der Waals surface area contributed by atoms with Gasteiger partial charge in [-0.25, -0.2) is 4.79 Å². The number of benzene rings is 1. The molecule has 0 aliphatic heterocycles. The van der Waals surface area contributed by atoms with Crippen LogP contribution in [0, 0.1) is 0 Å². The van der Waals surface area contributed by atoms with Crippen LogP contribution in [-0.4, -0.2) is 46.0 Å². The van der Waals surface area contributed by atoms with Gasteiger partial charge in [0.2, 0.25) is 0 Å². The lowest BCUT2D eigenvalue weighted by Crippen LogP contribution is -2.51. The fourth-order valence-corrected chi connectivity index (χ4v) is 2.06. The second-order valence-corrected chi connectivity index (χ2v) is 6.09. The first-order chi connectivity index (χ1) is 9.71. The summed E-state index contributed by atoms with van der Waals surface area (Å²) in [6, 6.07) is 9.55. The molecule has 0 saturated carbocycles. The summed E-state index contributed by atoms with van der Waals surface area (Å²) >= 11 is 0. The highest BCUT2D eigenvalue weighted by Gasteiger charge is 2.29. The molecule has 0 saturated heterocycles. The molecule has 116 valence electrons. The van der Waals surface area contributed by atoms with Crippen LogP contribution in [0.15, 0.2) is 30.3 Å². The van der Waals surface area contributed by atoms with Crippen LogP contribution in [0.25, 0.3) is 0 Å². The Labute approximate surface area is 126 Å². The molecule has 5 heteroatoms. The highest BCUT2D eigenvalue weighted by atomic mass is 16.4. The van der Waals surface area contributed by atoms with Crippen LogP contribution in [0.4, 0.5) is 4.79 Å². The monoisotopic (exact) mass is 292 g/mol. The minimum atomic E-state index is -0.900. The predicted octanol–water partition coefficient (Wildman–Crippen LogP) is 2.81. The van der Waals surface area contributed by atoms with Gasteiger partial charge in [0.1, 0.15) is 0 Å². The van der Waals surface area contributed by atoms with Crippen LogP contribution in [0.2, 0.25) is 0 Å². The van der Waals surface area contributed by atoms with Gasteiger partial charge in [-0.2, -0.15) is 0 Å². The zero-order valence-electron chi connectivity index (χ0n) is 13.2. The number of nitrogens with zero attached hydrogens (tertiary/aromatic N) is 2. The first-order valence-electron chi connectivity index (χ1n) is 7.00. The van der Waals surface area contributed by atoms with Gasteiger partial charge in [-0.05, 0) is 26.3 Å². The zero-order chi connectivity index (χ0) is 16.0. The molecule has 0 bridgehead atoms. The minimum absolute atomic E-state index is 0.0534. The SMILES string of the molecule is CN(Cc1ccccc1)C(=O)N(CCC(=O)O)C(C)(C)C. The van der Waals surface area contributed by atoms with Crippen molar-refractivity contribution in [2.24, 2.45) is 0 Å². The van der Waals surface area contributed by atoms with E-state index in [0.29, 0.717) is 6.54 Å². The quantitative estimate of drug-likeness (QED) is 0.907. The van der Waals surface area contributed by atoms with Crippen molar-refractivity contribution in [3.05, 3.63) is 35.9 Å². The van der Waals surface area contributed by atoms with Gasteiger partial charge in [-0.3, -0.25) is 4.79 Å². The maximum Gasteiger partial charge on any atom is 0.320 e. The Morgan fingerprint density at radius 1 is 1.14 bits per heavy atom. The lowest BCUT2D eigenvalue weighted by molar-refractivity contribution is -0.137. The fourth-order valence-electron chi connectivity index (χ4n) is 2.06. The summed E-state index contributed by atoms with van der Waals surface area (Å²) < 4.78 is 0. The summed E-state index contributed by atoms with van der Waals surface area (Å²) in [6.45, 7) is 6.42. The third kappa shape index (κ3) is 5.45. The first-order valence-corrected chi connectivity index (χ1v) is 7.00. The Morgan fingerprint density at radius 3 is 2.19 bits per heavy atom. The molecular weight excluding hydrogens is 268 g/mol. The summed E-state index contributed by atoms with van der Waals surface area (Å²) in [6.07, 6.45) is -0.0534. The van der Waals surface area contributed by atoms with Crippen molar-refractivity contribution in [2.45, 2.75) is 39.3 Å². The molecule has 1 aromatic rings. The normalized spacial score (nSPS) is 11.0. The maximum absolute atomic E-state index is 12.6. The molecule has 0 heterocycles. The van der Waals surface area contributed by atoms with E-state index < -0.39 is 11.5 Å². The van der Waals surface area contributed by atoms with Crippen LogP contribution in [0.3, 0.4) is 0 Å². The van der Waals surface area contributed by atoms with Gasteiger partial charge in [0.15, 0.2) is 0 Å². The van der Waals surface area contributed by atoms with Gasteiger partial charge < -0.3 is 14.9 Å². The van der Waals surface area contributed by atoms with Crippen LogP contribution < -0.4 is 0 Å². The van der Waals surface area contributed by atoms with Crippen LogP contribution in [-0.2, 0) is 11.3 Å². The average molecular weight is 292 g/mol. The van der Waals surface area contributed by atoms with Crippen LogP contribution in [0.1, 0.15) is 32.8 Å². The Kier molecular flexibility index (Phi) is 5.76. The molecule has 1 rings (SSSR count). The van der Waals surface area contributed by atoms with E-state index >= 15 is 0 Å². The third-order valence-corrected chi connectivity index (χ3v) is 3.18. The standard InChI is InChI=1S/C16H24N2O3/c1-16(2,3)18(11-10-14(19)20)15(21)17(4)12-13-8-6-5-7-9-13/h5-9H,10-12H2,1-4H3,(H,19,20). The second-order valence-electron chi connectivity index (χ2n) is 6.09. The summed E-state index contributed by atoms with van der Waals surface area (Å²) in [7, 11) is 1.73. The summed E-state index contributed by atoms with van der Waals surface area (Å²) in [5.74, 6) is -0.900. The Balaban J connectivity index is 2.77. The fraction of sp³-hybridized carbons (Fsp3) is 0.500. The number of rotatable bonds is 5. The van der Waals surface area contributed by atoms with E-state index in [9.17, 15) is 9.59 Å². The van der Waals surface area contributed by atoms with Gasteiger partial charge in [0.05, 0.1) is 6.42 Å². The molecule has 1 N–H and O–H groups in total. The molecule has 0 radical (unpaired) electrons. The first kappa shape index (κ1) is 17.0. The van der Waals surface area contributed by atoms with Gasteiger partial charge >= 0.3 is 12.0 Å². The minimum Gasteiger partial charge on any atom is -0.481 e. The van der Waals surface area contributed by atoms with Crippen molar-refractivity contribution >= 4 is 12.0 Å². The number of carbonyl (C=O) groups excluding carboxylic acids is 1. The average Bonchev–Trinajstić information content (AvgIpc) is 2.37. The smallest absolute Gasteiger partial charge is 0.320 e. The maximum atomic E-state index is 12.6. The van der Waals surface area contributed by atoms with E-state index in [-0.39, 0.29) is 19.0 Å². The topological polar surface area (TPSA) is 60.9 Å². The zero-order valence-corrected chi connectivity index (χ0v) is 13.2. The summed E-state index contributed by atoms with van der Waals surface area (Å²) in [5, 5.41) is 8.83. The van der Waals surface area contributed by atoms with Gasteiger partial charge in [0, 0.05) is 25.7 Å². The molecule has 2 amide bonds. The van der Waals surface area contributed by atoms with E-state index in [1.54, 1.807) is 16.8 Å². The molecule has 0 unspecified atom stereocenters. The molecule has 0 aliphatic rings. The number of urea groups is 1. The number of amides is 2. The van der Waals surface area contributed by atoms with Gasteiger partial charge in [-0.1, -0.05) is 30.3 Å². The van der Waals surface area contributed by atoms with Crippen LogP contribution >= 0.6 is 0 Å². The van der Waals surface area contributed by atoms with E-state index in [1.165, 1.54) is 0 Å². The third-order valence-electron chi connectivity index (χ3n) is 3.18. The van der Waals surface area contributed by atoms with Crippen molar-refractivity contribution in [1.82, 2.24) is 9.80 Å². The van der Waals surface area contributed by atoms with Crippen molar-refractivity contribution in [1.29, 1.82) is 0 Å². The van der Waals surface area contributed by atoms with Crippen molar-refractivity contribution in [2.75, 3.05) is 13.6 Å². The van der Waals surface area contributed by atoms with Gasteiger partial charge in [-0.15, -0.1) is 0 Å². The van der Waals surface area contributed by atoms with E-state index in [4.69, 9.17) is 5.11 Å². The summed E-state index contributed by atoms with van der Waals surface area (Å²) in [4.78, 5) is 26.5. The molecular formula is C16H24N2O3. The molecule has 0 aromatic heterocycles. The highest BCUT2D eigenvalue weighted by Crippen LogP contribution is 2.17. The Bertz CT molecular complexity index is 480. The molecule has 0 atom stereocenters. The number of carboxylic acids is 1. The van der Waals surface area contributed by atoms with Gasteiger partial charge in [0.25, 0.3) is 0 Å². The largest absolute Gasteiger partial charge is 0.481 e.